The van der Waals surface area contributed by atoms with Crippen LogP contribution in [0.4, 0.5) is 18.9 Å². The molecule has 0 aliphatic heterocycles. The Morgan fingerprint density at radius 1 is 1.03 bits per heavy atom. The van der Waals surface area contributed by atoms with E-state index < -0.39 is 12.3 Å². The monoisotopic (exact) mass is 415 g/mol. The van der Waals surface area contributed by atoms with E-state index in [4.69, 9.17) is 0 Å². The van der Waals surface area contributed by atoms with Gasteiger partial charge in [0.25, 0.3) is 5.91 Å². The van der Waals surface area contributed by atoms with E-state index in [0.717, 1.165) is 5.39 Å². The maximum atomic E-state index is 12.7. The van der Waals surface area contributed by atoms with Gasteiger partial charge in [0.05, 0.1) is 22.4 Å². The highest BCUT2D eigenvalue weighted by Gasteiger charge is 2.32. The summed E-state index contributed by atoms with van der Waals surface area (Å²) in [4.78, 5) is 20.8. The lowest BCUT2D eigenvalue weighted by Gasteiger charge is -2.14. The van der Waals surface area contributed by atoms with Crippen molar-refractivity contribution in [2.45, 2.75) is 6.36 Å². The van der Waals surface area contributed by atoms with Gasteiger partial charge in [-0.15, -0.1) is 24.5 Å². The molecule has 1 amide bonds. The van der Waals surface area contributed by atoms with Gasteiger partial charge < -0.3 is 10.1 Å². The summed E-state index contributed by atoms with van der Waals surface area (Å²) in [6.45, 7) is 0. The van der Waals surface area contributed by atoms with Crippen molar-refractivity contribution in [3.8, 4) is 17.0 Å². The molecule has 9 heteroatoms. The third-order valence-corrected chi connectivity index (χ3v) is 4.61. The van der Waals surface area contributed by atoms with Crippen LogP contribution in [0.2, 0.25) is 0 Å². The average molecular weight is 415 g/mol. The van der Waals surface area contributed by atoms with E-state index in [1.54, 1.807) is 47.3 Å². The number of ether oxygens (including phenoxy) is 1. The van der Waals surface area contributed by atoms with Gasteiger partial charge in [-0.1, -0.05) is 30.3 Å². The molecule has 0 aliphatic carbocycles. The molecule has 0 fully saturated rings. The number of para-hydroxylation sites is 2. The number of thiazole rings is 1. The molecule has 5 nitrogen and oxygen atoms in total. The molecular weight excluding hydrogens is 403 g/mol. The maximum Gasteiger partial charge on any atom is 0.573 e. The van der Waals surface area contributed by atoms with Crippen molar-refractivity contribution < 1.29 is 22.7 Å². The number of carbonyl (C=O) groups excluding carboxylic acids is 1. The Labute approximate surface area is 166 Å². The predicted octanol–water partition coefficient (Wildman–Crippen LogP) is 5.51. The fourth-order valence-corrected chi connectivity index (χ4v) is 3.33. The normalized spacial score (nSPS) is 11.4. The molecular formula is C20H12F3N3O2S. The molecule has 2 aromatic carbocycles. The first-order chi connectivity index (χ1) is 13.9. The minimum absolute atomic E-state index is 0.187. The summed E-state index contributed by atoms with van der Waals surface area (Å²) in [7, 11) is 0. The summed E-state index contributed by atoms with van der Waals surface area (Å²) in [5.74, 6) is -0.748. The smallest absolute Gasteiger partial charge is 0.405 e. The molecule has 146 valence electrons. The van der Waals surface area contributed by atoms with Gasteiger partial charge in [0, 0.05) is 16.3 Å². The van der Waals surface area contributed by atoms with E-state index in [1.165, 1.54) is 29.5 Å². The Balaban J connectivity index is 1.76. The van der Waals surface area contributed by atoms with Crippen molar-refractivity contribution >= 4 is 33.8 Å². The molecule has 2 aromatic heterocycles. The zero-order chi connectivity index (χ0) is 20.4. The predicted molar refractivity (Wildman–Crippen MR) is 104 cm³/mol. The molecule has 0 unspecified atom stereocenters. The van der Waals surface area contributed by atoms with E-state index in [9.17, 15) is 18.0 Å². The van der Waals surface area contributed by atoms with E-state index in [2.05, 4.69) is 20.0 Å². The van der Waals surface area contributed by atoms with Crippen molar-refractivity contribution in [2.75, 3.05) is 5.32 Å². The third-order valence-electron chi connectivity index (χ3n) is 4.02. The molecule has 29 heavy (non-hydrogen) atoms. The number of amides is 1. The first kappa shape index (κ1) is 18.9. The SMILES string of the molecule is O=C(Nc1cccc2ccc(-c3ccccc3OC(F)(F)F)nc12)c1cscn1. The first-order valence-electron chi connectivity index (χ1n) is 8.35. The van der Waals surface area contributed by atoms with Gasteiger partial charge in [-0.3, -0.25) is 4.79 Å². The lowest BCUT2D eigenvalue weighted by molar-refractivity contribution is -0.274. The Kier molecular flexibility index (Phi) is 4.89. The van der Waals surface area contributed by atoms with E-state index in [1.807, 2.05) is 0 Å². The fraction of sp³-hybridized carbons (Fsp3) is 0.0500. The zero-order valence-corrected chi connectivity index (χ0v) is 15.4. The Bertz CT molecular complexity index is 1180. The Morgan fingerprint density at radius 2 is 1.86 bits per heavy atom. The maximum absolute atomic E-state index is 12.7. The number of hydrogen-bond donors (Lipinski definition) is 1. The summed E-state index contributed by atoms with van der Waals surface area (Å²) < 4.78 is 42.3. The van der Waals surface area contributed by atoms with Gasteiger partial charge in [-0.05, 0) is 24.3 Å². The third kappa shape index (κ3) is 4.19. The number of hydrogen-bond acceptors (Lipinski definition) is 5. The highest BCUT2D eigenvalue weighted by molar-refractivity contribution is 7.07. The van der Waals surface area contributed by atoms with Crippen LogP contribution in [0.25, 0.3) is 22.2 Å². The van der Waals surface area contributed by atoms with E-state index in [-0.39, 0.29) is 22.7 Å². The molecule has 0 spiro atoms. The lowest BCUT2D eigenvalue weighted by atomic mass is 10.1. The van der Waals surface area contributed by atoms with Crippen molar-refractivity contribution in [3.05, 3.63) is 71.2 Å². The lowest BCUT2D eigenvalue weighted by Crippen LogP contribution is -2.17. The average Bonchev–Trinajstić information content (AvgIpc) is 3.22. The number of nitrogens with zero attached hydrogens (tertiary/aromatic N) is 2. The molecule has 4 aromatic rings. The van der Waals surface area contributed by atoms with Crippen LogP contribution in [0.5, 0.6) is 5.75 Å². The fourth-order valence-electron chi connectivity index (χ4n) is 2.80. The molecule has 0 radical (unpaired) electrons. The van der Waals surface area contributed by atoms with Gasteiger partial charge in [0.1, 0.15) is 11.4 Å². The zero-order valence-electron chi connectivity index (χ0n) is 14.6. The van der Waals surface area contributed by atoms with Gasteiger partial charge in [0.2, 0.25) is 0 Å². The van der Waals surface area contributed by atoms with Crippen molar-refractivity contribution in [2.24, 2.45) is 0 Å². The minimum atomic E-state index is -4.82. The van der Waals surface area contributed by atoms with Crippen molar-refractivity contribution in [1.82, 2.24) is 9.97 Å². The van der Waals surface area contributed by atoms with Crippen LogP contribution in [0.1, 0.15) is 10.5 Å². The minimum Gasteiger partial charge on any atom is -0.405 e. The standard InChI is InChI=1S/C20H12F3N3O2S/c21-20(22,23)28-17-7-2-1-5-13(17)14-9-8-12-4-3-6-15(18(12)25-14)26-19(27)16-10-29-11-24-16/h1-11H,(H,26,27). The first-order valence-corrected chi connectivity index (χ1v) is 9.29. The summed E-state index contributed by atoms with van der Waals surface area (Å²) in [6, 6.07) is 14.3. The second-order valence-electron chi connectivity index (χ2n) is 5.95. The van der Waals surface area contributed by atoms with Gasteiger partial charge in [-0.25, -0.2) is 9.97 Å². The van der Waals surface area contributed by atoms with E-state index >= 15 is 0 Å². The molecule has 0 atom stereocenters. The van der Waals surface area contributed by atoms with Gasteiger partial charge >= 0.3 is 6.36 Å². The molecule has 1 N–H and O–H groups in total. The van der Waals surface area contributed by atoms with Crippen LogP contribution < -0.4 is 10.1 Å². The number of alkyl halides is 3. The molecule has 0 bridgehead atoms. The van der Waals surface area contributed by atoms with Crippen LogP contribution in [-0.4, -0.2) is 22.2 Å². The van der Waals surface area contributed by atoms with Crippen LogP contribution in [0.15, 0.2) is 65.5 Å². The van der Waals surface area contributed by atoms with Crippen molar-refractivity contribution in [1.29, 1.82) is 0 Å². The summed E-state index contributed by atoms with van der Waals surface area (Å²) in [5.41, 5.74) is 3.16. The van der Waals surface area contributed by atoms with Crippen LogP contribution in [-0.2, 0) is 0 Å². The number of fused-ring (bicyclic) bond motifs is 1. The topological polar surface area (TPSA) is 64.1 Å². The number of aromatic nitrogens is 2. The highest BCUT2D eigenvalue weighted by atomic mass is 32.1. The number of nitrogens with one attached hydrogen (secondary N) is 1. The molecule has 0 aliphatic rings. The second kappa shape index (κ2) is 7.51. The quantitative estimate of drug-likeness (QED) is 0.477. The summed E-state index contributed by atoms with van der Waals surface area (Å²) in [5, 5.41) is 5.09. The van der Waals surface area contributed by atoms with Gasteiger partial charge in [-0.2, -0.15) is 0 Å². The van der Waals surface area contributed by atoms with Crippen LogP contribution in [0, 0.1) is 0 Å². The molecule has 2 heterocycles. The van der Waals surface area contributed by atoms with Crippen LogP contribution >= 0.6 is 11.3 Å². The summed E-state index contributed by atoms with van der Waals surface area (Å²) in [6.07, 6.45) is -4.82. The van der Waals surface area contributed by atoms with Crippen molar-refractivity contribution in [3.63, 3.8) is 0 Å². The second-order valence-corrected chi connectivity index (χ2v) is 6.66. The number of carbonyl (C=O) groups is 1. The molecule has 0 saturated heterocycles. The molecule has 0 saturated carbocycles. The van der Waals surface area contributed by atoms with Gasteiger partial charge in [0.15, 0.2) is 0 Å². The number of pyridine rings is 1. The van der Waals surface area contributed by atoms with E-state index in [0.29, 0.717) is 11.2 Å². The summed E-state index contributed by atoms with van der Waals surface area (Å²) >= 11 is 1.29. The Hall–Kier alpha value is -3.46. The van der Waals surface area contributed by atoms with Crippen LogP contribution in [0.3, 0.4) is 0 Å². The Morgan fingerprint density at radius 3 is 2.62 bits per heavy atom. The highest BCUT2D eigenvalue weighted by Crippen LogP contribution is 2.34. The molecule has 4 rings (SSSR count). The number of anilines is 1. The largest absolute Gasteiger partial charge is 0.573 e. The number of rotatable bonds is 4. The number of benzene rings is 2. The number of halogens is 3.